The molecule has 0 saturated heterocycles. The van der Waals surface area contributed by atoms with Gasteiger partial charge in [-0.25, -0.2) is 0 Å². The molecule has 2 nitrogen and oxygen atoms in total. The first-order valence-corrected chi connectivity index (χ1v) is 4.44. The number of thiol groups is 1. The predicted molar refractivity (Wildman–Crippen MR) is 47.1 cm³/mol. The molecule has 0 radical (unpaired) electrons. The second kappa shape index (κ2) is 2.10. The molecule has 1 saturated carbocycles. The predicted octanol–water partition coefficient (Wildman–Crippen LogP) is 1.89. The Bertz CT molecular complexity index is 337. The average molecular weight is 180 g/mol. The summed E-state index contributed by atoms with van der Waals surface area (Å²) in [5.41, 5.74) is 0. The van der Waals surface area contributed by atoms with Crippen molar-refractivity contribution in [2.24, 2.45) is 0 Å². The van der Waals surface area contributed by atoms with Gasteiger partial charge in [0.15, 0.2) is 11.5 Å². The highest BCUT2D eigenvalue weighted by atomic mass is 32.1. The van der Waals surface area contributed by atoms with Gasteiger partial charge in [-0.3, -0.25) is 0 Å². The summed E-state index contributed by atoms with van der Waals surface area (Å²) < 4.78 is 11.2. The van der Waals surface area contributed by atoms with Gasteiger partial charge in [-0.2, -0.15) is 0 Å². The number of ether oxygens (including phenoxy) is 2. The summed E-state index contributed by atoms with van der Waals surface area (Å²) in [6.45, 7) is 0. The van der Waals surface area contributed by atoms with E-state index in [-0.39, 0.29) is 0 Å². The van der Waals surface area contributed by atoms with Crippen LogP contribution in [0.25, 0.3) is 0 Å². The molecule has 0 spiro atoms. The molecule has 0 N–H and O–H groups in total. The van der Waals surface area contributed by atoms with Gasteiger partial charge in [-0.15, -0.1) is 12.6 Å². The van der Waals surface area contributed by atoms with E-state index in [1.807, 2.05) is 18.2 Å². The van der Waals surface area contributed by atoms with Crippen molar-refractivity contribution in [2.45, 2.75) is 23.5 Å². The SMILES string of the molecule is Sc1ccc2c(c1)O[C@@H]1CC1O2. The Balaban J connectivity index is 2.07. The van der Waals surface area contributed by atoms with Crippen LogP contribution in [0.1, 0.15) is 6.42 Å². The van der Waals surface area contributed by atoms with Crippen LogP contribution >= 0.6 is 12.6 Å². The van der Waals surface area contributed by atoms with Gasteiger partial charge in [-0.1, -0.05) is 0 Å². The second-order valence-electron chi connectivity index (χ2n) is 3.18. The fraction of sp³-hybridized carbons (Fsp3) is 0.333. The lowest BCUT2D eigenvalue weighted by Gasteiger charge is -2.17. The molecule has 1 aromatic carbocycles. The largest absolute Gasteiger partial charge is 0.483 e. The molecule has 12 heavy (non-hydrogen) atoms. The maximum Gasteiger partial charge on any atom is 0.162 e. The molecule has 2 atom stereocenters. The summed E-state index contributed by atoms with van der Waals surface area (Å²) in [6, 6.07) is 5.72. The zero-order chi connectivity index (χ0) is 8.13. The number of hydrogen-bond donors (Lipinski definition) is 1. The van der Waals surface area contributed by atoms with Gasteiger partial charge < -0.3 is 9.47 Å². The van der Waals surface area contributed by atoms with Gasteiger partial charge in [0.1, 0.15) is 12.2 Å². The monoisotopic (exact) mass is 180 g/mol. The number of rotatable bonds is 0. The summed E-state index contributed by atoms with van der Waals surface area (Å²) in [6.07, 6.45) is 1.63. The van der Waals surface area contributed by atoms with Crippen molar-refractivity contribution >= 4 is 12.6 Å². The molecule has 0 bridgehead atoms. The first-order valence-electron chi connectivity index (χ1n) is 3.99. The quantitative estimate of drug-likeness (QED) is 0.614. The van der Waals surface area contributed by atoms with E-state index in [1.54, 1.807) is 0 Å². The molecule has 1 aliphatic heterocycles. The summed E-state index contributed by atoms with van der Waals surface area (Å²) in [5.74, 6) is 1.69. The number of benzene rings is 1. The minimum Gasteiger partial charge on any atom is -0.483 e. The zero-order valence-electron chi connectivity index (χ0n) is 6.36. The van der Waals surface area contributed by atoms with Gasteiger partial charge in [0.25, 0.3) is 0 Å². The van der Waals surface area contributed by atoms with Crippen LogP contribution in [0.15, 0.2) is 23.1 Å². The molecule has 1 unspecified atom stereocenters. The van der Waals surface area contributed by atoms with Crippen LogP contribution in [0.3, 0.4) is 0 Å². The van der Waals surface area contributed by atoms with Gasteiger partial charge in [0, 0.05) is 11.3 Å². The van der Waals surface area contributed by atoms with Crippen LogP contribution in [-0.2, 0) is 0 Å². The Hall–Kier alpha value is -0.830. The lowest BCUT2D eigenvalue weighted by molar-refractivity contribution is 0.165. The molecule has 1 heterocycles. The molecule has 3 heteroatoms. The Morgan fingerprint density at radius 2 is 1.92 bits per heavy atom. The topological polar surface area (TPSA) is 18.5 Å². The second-order valence-corrected chi connectivity index (χ2v) is 3.70. The van der Waals surface area contributed by atoms with E-state index in [9.17, 15) is 0 Å². The third-order valence-electron chi connectivity index (χ3n) is 2.16. The standard InChI is InChI=1S/C9H8O2S/c12-5-1-2-6-7(3-5)11-9-4-8(9)10-6/h1-3,8-9,12H,4H2/t8?,9-/m1/s1. The highest BCUT2D eigenvalue weighted by molar-refractivity contribution is 7.80. The Morgan fingerprint density at radius 3 is 2.75 bits per heavy atom. The van der Waals surface area contributed by atoms with Crippen LogP contribution in [0.4, 0.5) is 0 Å². The minimum absolute atomic E-state index is 0.299. The number of hydrogen-bond acceptors (Lipinski definition) is 3. The van der Waals surface area contributed by atoms with E-state index in [1.165, 1.54) is 0 Å². The summed E-state index contributed by atoms with van der Waals surface area (Å²) in [4.78, 5) is 0.913. The Labute approximate surface area is 75.9 Å². The van der Waals surface area contributed by atoms with Crippen molar-refractivity contribution in [3.8, 4) is 11.5 Å². The zero-order valence-corrected chi connectivity index (χ0v) is 7.25. The van der Waals surface area contributed by atoms with Crippen LogP contribution in [0.2, 0.25) is 0 Å². The minimum atomic E-state index is 0.299. The van der Waals surface area contributed by atoms with Gasteiger partial charge in [0.05, 0.1) is 0 Å². The maximum atomic E-state index is 5.61. The first kappa shape index (κ1) is 6.66. The third kappa shape index (κ3) is 0.894. The molecule has 62 valence electrons. The van der Waals surface area contributed by atoms with E-state index in [2.05, 4.69) is 12.6 Å². The normalized spacial score (nSPS) is 29.4. The maximum absolute atomic E-state index is 5.61. The van der Waals surface area contributed by atoms with E-state index >= 15 is 0 Å². The first-order chi connectivity index (χ1) is 5.83. The van der Waals surface area contributed by atoms with Gasteiger partial charge in [0.2, 0.25) is 0 Å². The molecular weight excluding hydrogens is 172 g/mol. The van der Waals surface area contributed by atoms with Crippen LogP contribution in [0, 0.1) is 0 Å². The lowest BCUT2D eigenvalue weighted by Crippen LogP contribution is -2.15. The molecule has 0 amide bonds. The molecule has 1 aromatic rings. The Kier molecular flexibility index (Phi) is 1.17. The molecule has 3 rings (SSSR count). The highest BCUT2D eigenvalue weighted by Crippen LogP contribution is 2.43. The van der Waals surface area contributed by atoms with Crippen molar-refractivity contribution in [3.63, 3.8) is 0 Å². The third-order valence-corrected chi connectivity index (χ3v) is 2.44. The van der Waals surface area contributed by atoms with Crippen LogP contribution < -0.4 is 9.47 Å². The molecule has 2 aliphatic rings. The smallest absolute Gasteiger partial charge is 0.162 e. The van der Waals surface area contributed by atoms with E-state index in [0.29, 0.717) is 12.2 Å². The molecule has 1 aliphatic carbocycles. The molecular formula is C9H8O2S. The summed E-state index contributed by atoms with van der Waals surface area (Å²) >= 11 is 4.23. The van der Waals surface area contributed by atoms with Crippen molar-refractivity contribution in [1.29, 1.82) is 0 Å². The molecule has 0 aromatic heterocycles. The van der Waals surface area contributed by atoms with Crippen LogP contribution in [-0.4, -0.2) is 12.2 Å². The lowest BCUT2D eigenvalue weighted by atomic mass is 10.3. The summed E-state index contributed by atoms with van der Waals surface area (Å²) in [5, 5.41) is 0. The van der Waals surface area contributed by atoms with E-state index < -0.39 is 0 Å². The van der Waals surface area contributed by atoms with Crippen molar-refractivity contribution in [3.05, 3.63) is 18.2 Å². The average Bonchev–Trinajstić information content (AvgIpc) is 2.77. The molecule has 1 fully saturated rings. The number of fused-ring (bicyclic) bond motifs is 2. The van der Waals surface area contributed by atoms with E-state index in [0.717, 1.165) is 22.8 Å². The Morgan fingerprint density at radius 1 is 1.17 bits per heavy atom. The van der Waals surface area contributed by atoms with Gasteiger partial charge >= 0.3 is 0 Å². The summed E-state index contributed by atoms with van der Waals surface area (Å²) in [7, 11) is 0. The van der Waals surface area contributed by atoms with Crippen molar-refractivity contribution in [1.82, 2.24) is 0 Å². The highest BCUT2D eigenvalue weighted by Gasteiger charge is 2.46. The van der Waals surface area contributed by atoms with Crippen molar-refractivity contribution in [2.75, 3.05) is 0 Å². The fourth-order valence-corrected chi connectivity index (χ4v) is 1.60. The van der Waals surface area contributed by atoms with Crippen molar-refractivity contribution < 1.29 is 9.47 Å². The van der Waals surface area contributed by atoms with E-state index in [4.69, 9.17) is 9.47 Å². The fourth-order valence-electron chi connectivity index (χ4n) is 1.41. The van der Waals surface area contributed by atoms with Gasteiger partial charge in [-0.05, 0) is 18.2 Å². The van der Waals surface area contributed by atoms with Crippen LogP contribution in [0.5, 0.6) is 11.5 Å².